The summed E-state index contributed by atoms with van der Waals surface area (Å²) in [5, 5.41) is 6.62. The van der Waals surface area contributed by atoms with Crippen molar-refractivity contribution >= 4 is 5.91 Å². The second-order valence-corrected chi connectivity index (χ2v) is 6.15. The van der Waals surface area contributed by atoms with Gasteiger partial charge in [0, 0.05) is 37.4 Å². The van der Waals surface area contributed by atoms with Crippen molar-refractivity contribution in [2.75, 3.05) is 6.54 Å². The zero-order valence-electron chi connectivity index (χ0n) is 12.3. The Bertz CT molecular complexity index is 460. The zero-order valence-corrected chi connectivity index (χ0v) is 12.3. The topological polar surface area (TPSA) is 46.1 Å². The molecule has 1 atom stereocenters. The van der Waals surface area contributed by atoms with E-state index in [1.54, 1.807) is 0 Å². The molecule has 0 saturated heterocycles. The van der Waals surface area contributed by atoms with Gasteiger partial charge in [-0.15, -0.1) is 0 Å². The lowest BCUT2D eigenvalue weighted by Gasteiger charge is -2.15. The number of nitrogens with one attached hydrogen (secondary N) is 2. The maximum atomic E-state index is 11.7. The second kappa shape index (κ2) is 6.00. The summed E-state index contributed by atoms with van der Waals surface area (Å²) < 4.78 is 2.15. The van der Waals surface area contributed by atoms with Crippen molar-refractivity contribution in [2.24, 2.45) is 5.92 Å². The summed E-state index contributed by atoms with van der Waals surface area (Å²) in [6.07, 6.45) is 9.89. The molecule has 2 N–H and O–H groups in total. The van der Waals surface area contributed by atoms with Gasteiger partial charge < -0.3 is 15.2 Å². The Hall–Kier alpha value is -1.29. The molecule has 1 aromatic heterocycles. The highest BCUT2D eigenvalue weighted by atomic mass is 16.1. The predicted molar refractivity (Wildman–Crippen MR) is 79.4 cm³/mol. The van der Waals surface area contributed by atoms with Gasteiger partial charge in [-0.3, -0.25) is 4.79 Å². The highest BCUT2D eigenvalue weighted by molar-refractivity contribution is 5.76. The lowest BCUT2D eigenvalue weighted by atomic mass is 10.1. The Morgan fingerprint density at radius 2 is 2.20 bits per heavy atom. The van der Waals surface area contributed by atoms with Gasteiger partial charge in [0.05, 0.1) is 0 Å². The van der Waals surface area contributed by atoms with Gasteiger partial charge in [0.25, 0.3) is 0 Å². The van der Waals surface area contributed by atoms with Gasteiger partial charge in [0.2, 0.25) is 5.91 Å². The van der Waals surface area contributed by atoms with Crippen molar-refractivity contribution < 1.29 is 4.79 Å². The van der Waals surface area contributed by atoms with Gasteiger partial charge in [0.1, 0.15) is 0 Å². The van der Waals surface area contributed by atoms with Crippen LogP contribution in [0.5, 0.6) is 0 Å². The smallest absolute Gasteiger partial charge is 0.222 e. The summed E-state index contributed by atoms with van der Waals surface area (Å²) in [4.78, 5) is 11.7. The number of hydrogen-bond acceptors (Lipinski definition) is 2. The first-order chi connectivity index (χ1) is 9.76. The van der Waals surface area contributed by atoms with E-state index in [2.05, 4.69) is 40.6 Å². The maximum Gasteiger partial charge on any atom is 0.222 e. The number of amides is 1. The molecule has 0 aromatic carbocycles. The standard InChI is InChI=1S/C16H25N3O/c1-2-17-16(12-3-4-12)13-7-9-19(11-13)10-8-15(20)18-14-5-6-14/h7,9,11-12,14,16-17H,2-6,8,10H2,1H3,(H,18,20). The first kappa shape index (κ1) is 13.7. The van der Waals surface area contributed by atoms with Gasteiger partial charge in [-0.05, 0) is 49.8 Å². The van der Waals surface area contributed by atoms with E-state index >= 15 is 0 Å². The molecular formula is C16H25N3O. The van der Waals surface area contributed by atoms with E-state index in [1.807, 2.05) is 0 Å². The molecule has 0 radical (unpaired) electrons. The van der Waals surface area contributed by atoms with Crippen LogP contribution in [-0.4, -0.2) is 23.1 Å². The summed E-state index contributed by atoms with van der Waals surface area (Å²) in [5.41, 5.74) is 1.37. The monoisotopic (exact) mass is 275 g/mol. The summed E-state index contributed by atoms with van der Waals surface area (Å²) in [7, 11) is 0. The van der Waals surface area contributed by atoms with Gasteiger partial charge in [-0.2, -0.15) is 0 Å². The van der Waals surface area contributed by atoms with Crippen LogP contribution in [0.1, 0.15) is 50.6 Å². The van der Waals surface area contributed by atoms with Gasteiger partial charge in [-0.1, -0.05) is 6.92 Å². The number of hydrogen-bond donors (Lipinski definition) is 2. The van der Waals surface area contributed by atoms with Crippen LogP contribution < -0.4 is 10.6 Å². The number of aromatic nitrogens is 1. The summed E-state index contributed by atoms with van der Waals surface area (Å²) in [6, 6.07) is 3.17. The van der Waals surface area contributed by atoms with Gasteiger partial charge in [-0.25, -0.2) is 0 Å². The highest BCUT2D eigenvalue weighted by Crippen LogP contribution is 2.40. The summed E-state index contributed by atoms with van der Waals surface area (Å²) >= 11 is 0. The largest absolute Gasteiger partial charge is 0.353 e. The molecule has 4 nitrogen and oxygen atoms in total. The van der Waals surface area contributed by atoms with E-state index < -0.39 is 0 Å². The molecule has 2 fully saturated rings. The van der Waals surface area contributed by atoms with E-state index in [9.17, 15) is 4.79 Å². The van der Waals surface area contributed by atoms with Crippen LogP contribution in [0.2, 0.25) is 0 Å². The molecule has 20 heavy (non-hydrogen) atoms. The van der Waals surface area contributed by atoms with Crippen molar-refractivity contribution in [3.8, 4) is 0 Å². The first-order valence-corrected chi connectivity index (χ1v) is 7.94. The molecule has 110 valence electrons. The molecule has 2 aliphatic rings. The van der Waals surface area contributed by atoms with Crippen LogP contribution in [-0.2, 0) is 11.3 Å². The van der Waals surface area contributed by atoms with E-state index in [1.165, 1.54) is 18.4 Å². The minimum atomic E-state index is 0.188. The van der Waals surface area contributed by atoms with Crippen molar-refractivity contribution in [2.45, 2.75) is 57.7 Å². The highest BCUT2D eigenvalue weighted by Gasteiger charge is 2.32. The van der Waals surface area contributed by atoms with Gasteiger partial charge in [0.15, 0.2) is 0 Å². The van der Waals surface area contributed by atoms with Crippen LogP contribution in [0.4, 0.5) is 0 Å². The van der Waals surface area contributed by atoms with Crippen LogP contribution in [0.3, 0.4) is 0 Å². The van der Waals surface area contributed by atoms with Crippen LogP contribution >= 0.6 is 0 Å². The van der Waals surface area contributed by atoms with E-state index in [4.69, 9.17) is 0 Å². The third-order valence-electron chi connectivity index (χ3n) is 4.19. The fourth-order valence-electron chi connectivity index (χ4n) is 2.75. The Morgan fingerprint density at radius 3 is 2.85 bits per heavy atom. The minimum Gasteiger partial charge on any atom is -0.353 e. The molecule has 0 bridgehead atoms. The Balaban J connectivity index is 1.51. The Labute approximate surface area is 120 Å². The molecule has 0 aliphatic heterocycles. The van der Waals surface area contributed by atoms with Crippen molar-refractivity contribution in [3.05, 3.63) is 24.0 Å². The van der Waals surface area contributed by atoms with Crippen LogP contribution in [0, 0.1) is 5.92 Å². The van der Waals surface area contributed by atoms with E-state index in [-0.39, 0.29) is 5.91 Å². The van der Waals surface area contributed by atoms with Crippen molar-refractivity contribution in [3.63, 3.8) is 0 Å². The SMILES string of the molecule is CCNC(c1ccn(CCC(=O)NC2CC2)c1)C1CC1. The number of aryl methyl sites for hydroxylation is 1. The average Bonchev–Trinajstić information content (AvgIpc) is 3.34. The molecule has 1 unspecified atom stereocenters. The summed E-state index contributed by atoms with van der Waals surface area (Å²) in [6.45, 7) is 3.95. The fourth-order valence-corrected chi connectivity index (χ4v) is 2.75. The van der Waals surface area contributed by atoms with Crippen LogP contribution in [0.25, 0.3) is 0 Å². The number of rotatable bonds is 8. The third-order valence-corrected chi connectivity index (χ3v) is 4.19. The number of carbonyl (C=O) groups is 1. The van der Waals surface area contributed by atoms with Crippen LogP contribution in [0.15, 0.2) is 18.5 Å². The fraction of sp³-hybridized carbons (Fsp3) is 0.688. The lowest BCUT2D eigenvalue weighted by Crippen LogP contribution is -2.26. The quantitative estimate of drug-likeness (QED) is 0.764. The maximum absolute atomic E-state index is 11.7. The average molecular weight is 275 g/mol. The molecule has 4 heteroatoms. The number of nitrogens with zero attached hydrogens (tertiary/aromatic N) is 1. The van der Waals surface area contributed by atoms with Gasteiger partial charge >= 0.3 is 0 Å². The summed E-state index contributed by atoms with van der Waals surface area (Å²) in [5.74, 6) is 0.997. The second-order valence-electron chi connectivity index (χ2n) is 6.15. The Morgan fingerprint density at radius 1 is 1.40 bits per heavy atom. The molecule has 1 heterocycles. The van der Waals surface area contributed by atoms with Crippen molar-refractivity contribution in [1.82, 2.24) is 15.2 Å². The zero-order chi connectivity index (χ0) is 13.9. The predicted octanol–water partition coefficient (Wildman–Crippen LogP) is 2.22. The molecule has 1 amide bonds. The molecule has 2 aliphatic carbocycles. The Kier molecular flexibility index (Phi) is 4.10. The molecular weight excluding hydrogens is 250 g/mol. The minimum absolute atomic E-state index is 0.188. The molecule has 3 rings (SSSR count). The normalized spacial score (nSPS) is 19.9. The molecule has 1 aromatic rings. The first-order valence-electron chi connectivity index (χ1n) is 7.94. The number of carbonyl (C=O) groups excluding carboxylic acids is 1. The van der Waals surface area contributed by atoms with Crippen molar-refractivity contribution in [1.29, 1.82) is 0 Å². The molecule has 2 saturated carbocycles. The van der Waals surface area contributed by atoms with E-state index in [0.717, 1.165) is 31.8 Å². The van der Waals surface area contributed by atoms with E-state index in [0.29, 0.717) is 18.5 Å². The third kappa shape index (κ3) is 3.63. The molecule has 0 spiro atoms. The lowest BCUT2D eigenvalue weighted by molar-refractivity contribution is -0.121.